The van der Waals surface area contributed by atoms with Crippen LogP contribution in [0.25, 0.3) is 0 Å². The van der Waals surface area contributed by atoms with E-state index >= 15 is 0 Å². The van der Waals surface area contributed by atoms with Crippen molar-refractivity contribution in [2.75, 3.05) is 37.3 Å². The largest absolute Gasteiger partial charge is 0.325 e. The topological polar surface area (TPSA) is 98.8 Å². The molecule has 0 spiro atoms. The zero-order valence-corrected chi connectivity index (χ0v) is 18.4. The van der Waals surface area contributed by atoms with Crippen molar-refractivity contribution in [1.82, 2.24) is 9.80 Å². The highest BCUT2D eigenvalue weighted by Crippen LogP contribution is 2.29. The first-order valence-electron chi connectivity index (χ1n) is 9.43. The van der Waals surface area contributed by atoms with Gasteiger partial charge in [-0.05, 0) is 36.9 Å². The highest BCUT2D eigenvalue weighted by atomic mass is 35.5. The minimum Gasteiger partial charge on any atom is -0.325 e. The molecule has 1 heterocycles. The molecule has 0 unspecified atom stereocenters. The third kappa shape index (κ3) is 5.04. The SMILES string of the molecule is CCN(CC(=O)Nc1ccc2c(c1)C(=O)N(C)C2=O)CC(=O)Nc1c(Cl)cccc1Cl. The van der Waals surface area contributed by atoms with Crippen LogP contribution in [0.3, 0.4) is 0 Å². The monoisotopic (exact) mass is 462 g/mol. The van der Waals surface area contributed by atoms with E-state index in [0.717, 1.165) is 4.90 Å². The van der Waals surface area contributed by atoms with Crippen LogP contribution in [-0.4, -0.2) is 60.1 Å². The molecule has 10 heteroatoms. The summed E-state index contributed by atoms with van der Waals surface area (Å²) in [4.78, 5) is 51.6. The summed E-state index contributed by atoms with van der Waals surface area (Å²) in [6.45, 7) is 2.16. The number of hydrogen-bond acceptors (Lipinski definition) is 5. The molecular weight excluding hydrogens is 443 g/mol. The molecule has 8 nitrogen and oxygen atoms in total. The van der Waals surface area contributed by atoms with Gasteiger partial charge in [-0.2, -0.15) is 0 Å². The van der Waals surface area contributed by atoms with E-state index in [0.29, 0.717) is 33.5 Å². The molecule has 0 aliphatic carbocycles. The summed E-state index contributed by atoms with van der Waals surface area (Å²) in [7, 11) is 1.41. The molecule has 0 radical (unpaired) electrons. The lowest BCUT2D eigenvalue weighted by Crippen LogP contribution is -2.38. The van der Waals surface area contributed by atoms with Gasteiger partial charge in [0.1, 0.15) is 0 Å². The first-order chi connectivity index (χ1) is 14.7. The predicted molar refractivity (Wildman–Crippen MR) is 119 cm³/mol. The molecule has 0 atom stereocenters. The molecule has 3 rings (SSSR count). The molecule has 31 heavy (non-hydrogen) atoms. The van der Waals surface area contributed by atoms with Crippen LogP contribution in [0.5, 0.6) is 0 Å². The second-order valence-corrected chi connectivity index (χ2v) is 7.74. The van der Waals surface area contributed by atoms with Crippen molar-refractivity contribution in [2.45, 2.75) is 6.92 Å². The summed E-state index contributed by atoms with van der Waals surface area (Å²) >= 11 is 12.1. The average Bonchev–Trinajstić information content (AvgIpc) is 2.94. The van der Waals surface area contributed by atoms with Gasteiger partial charge >= 0.3 is 0 Å². The normalized spacial score (nSPS) is 12.9. The van der Waals surface area contributed by atoms with Crippen LogP contribution in [0.4, 0.5) is 11.4 Å². The molecule has 0 bridgehead atoms. The Labute approximate surface area is 189 Å². The Bertz CT molecular complexity index is 1050. The fraction of sp³-hybridized carbons (Fsp3) is 0.238. The van der Waals surface area contributed by atoms with E-state index < -0.39 is 5.91 Å². The van der Waals surface area contributed by atoms with Crippen molar-refractivity contribution in [2.24, 2.45) is 0 Å². The van der Waals surface area contributed by atoms with Gasteiger partial charge in [-0.25, -0.2) is 0 Å². The highest BCUT2D eigenvalue weighted by Gasteiger charge is 2.32. The maximum Gasteiger partial charge on any atom is 0.261 e. The number of para-hydroxylation sites is 1. The maximum absolute atomic E-state index is 12.5. The molecule has 1 aliphatic heterocycles. The Morgan fingerprint density at radius 3 is 2.13 bits per heavy atom. The molecule has 1 aliphatic rings. The molecule has 2 aromatic carbocycles. The molecule has 0 fully saturated rings. The third-order valence-electron chi connectivity index (χ3n) is 4.78. The van der Waals surface area contributed by atoms with Crippen LogP contribution in [0.1, 0.15) is 27.6 Å². The van der Waals surface area contributed by atoms with Crippen molar-refractivity contribution < 1.29 is 19.2 Å². The Balaban J connectivity index is 1.60. The van der Waals surface area contributed by atoms with Crippen molar-refractivity contribution in [3.8, 4) is 0 Å². The molecule has 162 valence electrons. The smallest absolute Gasteiger partial charge is 0.261 e. The van der Waals surface area contributed by atoms with E-state index in [9.17, 15) is 19.2 Å². The van der Waals surface area contributed by atoms with Gasteiger partial charge < -0.3 is 10.6 Å². The maximum atomic E-state index is 12.5. The Morgan fingerprint density at radius 2 is 1.52 bits per heavy atom. The number of rotatable bonds is 7. The summed E-state index contributed by atoms with van der Waals surface area (Å²) in [5.74, 6) is -1.52. The van der Waals surface area contributed by atoms with Crippen LogP contribution in [0.15, 0.2) is 36.4 Å². The van der Waals surface area contributed by atoms with Crippen molar-refractivity contribution in [3.05, 3.63) is 57.6 Å². The van der Waals surface area contributed by atoms with E-state index in [1.165, 1.54) is 19.2 Å². The van der Waals surface area contributed by atoms with Crippen LogP contribution in [0, 0.1) is 0 Å². The average molecular weight is 463 g/mol. The van der Waals surface area contributed by atoms with Gasteiger partial charge in [0, 0.05) is 12.7 Å². The summed E-state index contributed by atoms with van der Waals surface area (Å²) in [6.07, 6.45) is 0. The third-order valence-corrected chi connectivity index (χ3v) is 5.41. The van der Waals surface area contributed by atoms with E-state index in [4.69, 9.17) is 23.2 Å². The minimum atomic E-state index is -0.416. The van der Waals surface area contributed by atoms with Crippen LogP contribution in [-0.2, 0) is 9.59 Å². The second kappa shape index (κ2) is 9.47. The Morgan fingerprint density at radius 1 is 0.935 bits per heavy atom. The quantitative estimate of drug-likeness (QED) is 0.615. The van der Waals surface area contributed by atoms with Gasteiger partial charge in [-0.1, -0.05) is 36.2 Å². The van der Waals surface area contributed by atoms with E-state index in [-0.39, 0.29) is 36.4 Å². The number of hydrogen-bond donors (Lipinski definition) is 2. The van der Waals surface area contributed by atoms with Gasteiger partial charge in [0.15, 0.2) is 0 Å². The summed E-state index contributed by atoms with van der Waals surface area (Å²) < 4.78 is 0. The summed E-state index contributed by atoms with van der Waals surface area (Å²) in [5, 5.41) is 5.98. The number of benzene rings is 2. The van der Waals surface area contributed by atoms with E-state index in [1.807, 2.05) is 6.92 Å². The fourth-order valence-corrected chi connectivity index (χ4v) is 3.61. The molecule has 2 N–H and O–H groups in total. The number of halogens is 2. The predicted octanol–water partition coefficient (Wildman–Crippen LogP) is 3.12. The molecule has 0 saturated heterocycles. The number of carbonyl (C=O) groups is 4. The van der Waals surface area contributed by atoms with Gasteiger partial charge in [0.25, 0.3) is 11.8 Å². The number of nitrogens with one attached hydrogen (secondary N) is 2. The Kier molecular flexibility index (Phi) is 6.94. The molecule has 2 aromatic rings. The number of anilines is 2. The number of imide groups is 1. The number of amides is 4. The van der Waals surface area contributed by atoms with Crippen LogP contribution < -0.4 is 10.6 Å². The number of carbonyl (C=O) groups excluding carboxylic acids is 4. The number of likely N-dealkylation sites (N-methyl/N-ethyl adjacent to an activating group) is 1. The zero-order chi connectivity index (χ0) is 22.7. The lowest BCUT2D eigenvalue weighted by Gasteiger charge is -2.20. The number of fused-ring (bicyclic) bond motifs is 1. The summed E-state index contributed by atoms with van der Waals surface area (Å²) in [6, 6.07) is 9.43. The molecule has 4 amide bonds. The second-order valence-electron chi connectivity index (χ2n) is 6.93. The molecular formula is C21H20Cl2N4O4. The lowest BCUT2D eigenvalue weighted by molar-refractivity contribution is -0.119. The first kappa shape index (κ1) is 22.7. The molecule has 0 saturated carbocycles. The van der Waals surface area contributed by atoms with Crippen molar-refractivity contribution >= 4 is 58.2 Å². The minimum absolute atomic E-state index is 0.0482. The fourth-order valence-electron chi connectivity index (χ4n) is 3.12. The van der Waals surface area contributed by atoms with Crippen molar-refractivity contribution in [1.29, 1.82) is 0 Å². The highest BCUT2D eigenvalue weighted by molar-refractivity contribution is 6.39. The Hall–Kier alpha value is -2.94. The van der Waals surface area contributed by atoms with E-state index in [1.54, 1.807) is 29.2 Å². The van der Waals surface area contributed by atoms with Crippen molar-refractivity contribution in [3.63, 3.8) is 0 Å². The summed E-state index contributed by atoms with van der Waals surface area (Å²) in [5.41, 5.74) is 1.26. The number of nitrogens with zero attached hydrogens (tertiary/aromatic N) is 2. The van der Waals surface area contributed by atoms with Gasteiger partial charge in [0.05, 0.1) is 39.9 Å². The first-order valence-corrected chi connectivity index (χ1v) is 10.2. The molecule has 0 aromatic heterocycles. The van der Waals surface area contributed by atoms with Gasteiger partial charge in [0.2, 0.25) is 11.8 Å². The lowest BCUT2D eigenvalue weighted by atomic mass is 10.1. The van der Waals surface area contributed by atoms with Gasteiger partial charge in [-0.3, -0.25) is 29.0 Å². The standard InChI is InChI=1S/C21H20Cl2N4O4/c1-3-27(11-18(29)25-19-15(22)5-4-6-16(19)23)10-17(28)24-12-7-8-13-14(9-12)21(31)26(2)20(13)30/h4-9H,3,10-11H2,1-2H3,(H,24,28)(H,25,29). The van der Waals surface area contributed by atoms with Crippen LogP contribution in [0.2, 0.25) is 10.0 Å². The van der Waals surface area contributed by atoms with Gasteiger partial charge in [-0.15, -0.1) is 0 Å². The zero-order valence-electron chi connectivity index (χ0n) is 16.9. The van der Waals surface area contributed by atoms with Crippen LogP contribution >= 0.6 is 23.2 Å². The van der Waals surface area contributed by atoms with E-state index in [2.05, 4.69) is 10.6 Å².